The predicted molar refractivity (Wildman–Crippen MR) is 64.3 cm³/mol. The lowest BCUT2D eigenvalue weighted by molar-refractivity contribution is 0.100. The molecule has 0 aliphatic carbocycles. The van der Waals surface area contributed by atoms with Gasteiger partial charge in [-0.15, -0.1) is 0 Å². The zero-order valence-corrected chi connectivity index (χ0v) is 9.69. The van der Waals surface area contributed by atoms with Crippen molar-refractivity contribution in [1.82, 2.24) is 0 Å². The molecule has 2 rings (SSSR count). The molecule has 4 nitrogen and oxygen atoms in total. The molecule has 0 fully saturated rings. The summed E-state index contributed by atoms with van der Waals surface area (Å²) < 4.78 is 10.4. The Bertz CT molecular complexity index is 558. The van der Waals surface area contributed by atoms with E-state index in [-0.39, 0.29) is 11.5 Å². The van der Waals surface area contributed by atoms with Gasteiger partial charge in [0.05, 0.1) is 12.7 Å². The second-order valence-electron chi connectivity index (χ2n) is 3.70. The van der Waals surface area contributed by atoms with E-state index in [1.807, 2.05) is 0 Å². The number of furan rings is 1. The molecule has 0 saturated heterocycles. The number of methoxy groups -OCH3 is 1. The first-order valence-corrected chi connectivity index (χ1v) is 5.16. The van der Waals surface area contributed by atoms with Crippen LogP contribution in [0.1, 0.15) is 21.9 Å². The number of carbonyl (C=O) groups excluding carboxylic acids is 1. The van der Waals surface area contributed by atoms with Crippen molar-refractivity contribution in [1.29, 1.82) is 0 Å². The molecule has 0 radical (unpaired) electrons. The number of ketones is 1. The smallest absolute Gasteiger partial charge is 0.231 e. The number of nitrogen functional groups attached to an aromatic ring is 1. The molecule has 1 aromatic heterocycles. The number of ether oxygens (including phenoxy) is 1. The first-order valence-electron chi connectivity index (χ1n) is 5.16. The third-order valence-electron chi connectivity index (χ3n) is 2.43. The van der Waals surface area contributed by atoms with E-state index in [1.54, 1.807) is 37.3 Å². The summed E-state index contributed by atoms with van der Waals surface area (Å²) in [6, 6.07) is 8.31. The highest BCUT2D eigenvalue weighted by Gasteiger charge is 2.17. The molecule has 0 atom stereocenters. The molecular formula is C13H13NO3. The van der Waals surface area contributed by atoms with Crippen LogP contribution >= 0.6 is 0 Å². The van der Waals surface area contributed by atoms with Gasteiger partial charge >= 0.3 is 0 Å². The van der Waals surface area contributed by atoms with Crippen molar-refractivity contribution in [2.75, 3.05) is 12.8 Å². The van der Waals surface area contributed by atoms with Crippen LogP contribution in [0.5, 0.6) is 5.75 Å². The summed E-state index contributed by atoms with van der Waals surface area (Å²) in [4.78, 5) is 12.2. The number of benzene rings is 1. The van der Waals surface area contributed by atoms with E-state index < -0.39 is 0 Å². The summed E-state index contributed by atoms with van der Waals surface area (Å²) in [6.07, 6.45) is 0. The molecule has 2 aromatic rings. The van der Waals surface area contributed by atoms with E-state index in [2.05, 4.69) is 0 Å². The summed E-state index contributed by atoms with van der Waals surface area (Å²) in [5.41, 5.74) is 6.58. The molecule has 0 unspecified atom stereocenters. The minimum atomic E-state index is -0.234. The molecule has 0 aliphatic heterocycles. The topological polar surface area (TPSA) is 65.5 Å². The van der Waals surface area contributed by atoms with Crippen LogP contribution < -0.4 is 10.5 Å². The Balaban J connectivity index is 2.46. The summed E-state index contributed by atoms with van der Waals surface area (Å²) in [5.74, 6) is 1.23. The van der Waals surface area contributed by atoms with Crippen LogP contribution in [-0.2, 0) is 0 Å². The van der Waals surface area contributed by atoms with Crippen LogP contribution in [0.15, 0.2) is 34.7 Å². The molecule has 0 aliphatic rings. The Morgan fingerprint density at radius 3 is 2.65 bits per heavy atom. The molecule has 2 N–H and O–H groups in total. The fraction of sp³-hybridized carbons (Fsp3) is 0.154. The van der Waals surface area contributed by atoms with Crippen LogP contribution in [0.4, 0.5) is 5.69 Å². The van der Waals surface area contributed by atoms with Gasteiger partial charge in [-0.05, 0) is 37.3 Å². The van der Waals surface area contributed by atoms with Crippen molar-refractivity contribution in [2.24, 2.45) is 0 Å². The van der Waals surface area contributed by atoms with Gasteiger partial charge in [-0.2, -0.15) is 0 Å². The van der Waals surface area contributed by atoms with Crippen molar-refractivity contribution < 1.29 is 13.9 Å². The van der Waals surface area contributed by atoms with Gasteiger partial charge < -0.3 is 14.9 Å². The second kappa shape index (κ2) is 4.33. The van der Waals surface area contributed by atoms with E-state index in [0.29, 0.717) is 22.8 Å². The van der Waals surface area contributed by atoms with Crippen molar-refractivity contribution in [2.45, 2.75) is 6.92 Å². The molecule has 0 bridgehead atoms. The van der Waals surface area contributed by atoms with Crippen molar-refractivity contribution in [3.05, 3.63) is 47.4 Å². The first kappa shape index (κ1) is 11.3. The maximum Gasteiger partial charge on any atom is 0.231 e. The summed E-state index contributed by atoms with van der Waals surface area (Å²) >= 11 is 0. The van der Waals surface area contributed by atoms with Crippen molar-refractivity contribution >= 4 is 11.5 Å². The van der Waals surface area contributed by atoms with Gasteiger partial charge in [-0.1, -0.05) is 0 Å². The maximum absolute atomic E-state index is 12.2. The fourth-order valence-electron chi connectivity index (χ4n) is 1.59. The molecule has 17 heavy (non-hydrogen) atoms. The predicted octanol–water partition coefficient (Wildman–Crippen LogP) is 2.41. The Kier molecular flexibility index (Phi) is 2.87. The number of rotatable bonds is 3. The zero-order valence-electron chi connectivity index (χ0n) is 9.69. The van der Waals surface area contributed by atoms with E-state index in [4.69, 9.17) is 14.9 Å². The minimum absolute atomic E-state index is 0.234. The standard InChI is InChI=1S/C13H13NO3/c1-8-3-5-12(17-8)13(15)10-7-9(14)4-6-11(10)16-2/h3-7H,14H2,1-2H3. The highest BCUT2D eigenvalue weighted by Crippen LogP contribution is 2.24. The third-order valence-corrected chi connectivity index (χ3v) is 2.43. The molecule has 0 saturated carbocycles. The van der Waals surface area contributed by atoms with Gasteiger partial charge in [0.1, 0.15) is 11.5 Å². The average molecular weight is 231 g/mol. The quantitative estimate of drug-likeness (QED) is 0.650. The lowest BCUT2D eigenvalue weighted by Gasteiger charge is -2.06. The van der Waals surface area contributed by atoms with Gasteiger partial charge in [0.2, 0.25) is 5.78 Å². The number of anilines is 1. The van der Waals surface area contributed by atoms with E-state index in [1.165, 1.54) is 7.11 Å². The highest BCUT2D eigenvalue weighted by atomic mass is 16.5. The van der Waals surface area contributed by atoms with Crippen molar-refractivity contribution in [3.8, 4) is 5.75 Å². The second-order valence-corrected chi connectivity index (χ2v) is 3.70. The van der Waals surface area contributed by atoms with Crippen LogP contribution in [-0.4, -0.2) is 12.9 Å². The SMILES string of the molecule is COc1ccc(N)cc1C(=O)c1ccc(C)o1. The molecule has 0 spiro atoms. The van der Waals surface area contributed by atoms with Gasteiger partial charge in [0, 0.05) is 5.69 Å². The van der Waals surface area contributed by atoms with Gasteiger partial charge in [-0.3, -0.25) is 4.79 Å². The fourth-order valence-corrected chi connectivity index (χ4v) is 1.59. The van der Waals surface area contributed by atoms with Crippen LogP contribution in [0.2, 0.25) is 0 Å². The van der Waals surface area contributed by atoms with Crippen LogP contribution in [0.3, 0.4) is 0 Å². The van der Waals surface area contributed by atoms with E-state index in [9.17, 15) is 4.79 Å². The van der Waals surface area contributed by atoms with Gasteiger partial charge in [0.25, 0.3) is 0 Å². The lowest BCUT2D eigenvalue weighted by Crippen LogP contribution is -2.03. The highest BCUT2D eigenvalue weighted by molar-refractivity contribution is 6.09. The van der Waals surface area contributed by atoms with E-state index >= 15 is 0 Å². The van der Waals surface area contributed by atoms with Crippen LogP contribution in [0.25, 0.3) is 0 Å². The first-order chi connectivity index (χ1) is 8.11. The number of nitrogens with two attached hydrogens (primary N) is 1. The molecule has 4 heteroatoms. The summed E-state index contributed by atoms with van der Waals surface area (Å²) in [7, 11) is 1.51. The third kappa shape index (κ3) is 2.15. The molecule has 1 aromatic carbocycles. The lowest BCUT2D eigenvalue weighted by atomic mass is 10.1. The Labute approximate surface area is 99.0 Å². The maximum atomic E-state index is 12.2. The minimum Gasteiger partial charge on any atom is -0.496 e. The Hall–Kier alpha value is -2.23. The average Bonchev–Trinajstić information content (AvgIpc) is 2.75. The largest absolute Gasteiger partial charge is 0.496 e. The molecule has 88 valence electrons. The molecule has 1 heterocycles. The zero-order chi connectivity index (χ0) is 12.4. The van der Waals surface area contributed by atoms with Gasteiger partial charge in [0.15, 0.2) is 5.76 Å². The number of hydrogen-bond donors (Lipinski definition) is 1. The van der Waals surface area contributed by atoms with Gasteiger partial charge in [-0.25, -0.2) is 0 Å². The normalized spacial score (nSPS) is 10.2. The number of aryl methyl sites for hydroxylation is 1. The molecule has 0 amide bonds. The van der Waals surface area contributed by atoms with E-state index in [0.717, 1.165) is 0 Å². The van der Waals surface area contributed by atoms with Crippen LogP contribution in [0, 0.1) is 6.92 Å². The monoisotopic (exact) mass is 231 g/mol. The number of hydrogen-bond acceptors (Lipinski definition) is 4. The number of carbonyl (C=O) groups is 1. The Morgan fingerprint density at radius 1 is 1.29 bits per heavy atom. The molecular weight excluding hydrogens is 218 g/mol. The summed E-state index contributed by atoms with van der Waals surface area (Å²) in [5, 5.41) is 0. The Morgan fingerprint density at radius 2 is 2.06 bits per heavy atom. The summed E-state index contributed by atoms with van der Waals surface area (Å²) in [6.45, 7) is 1.79. The van der Waals surface area contributed by atoms with Crippen molar-refractivity contribution in [3.63, 3.8) is 0 Å².